The molecule has 0 unspecified atom stereocenters. The summed E-state index contributed by atoms with van der Waals surface area (Å²) < 4.78 is 1.65. The van der Waals surface area contributed by atoms with Gasteiger partial charge < -0.3 is 10.0 Å². The van der Waals surface area contributed by atoms with Crippen LogP contribution < -0.4 is 0 Å². The molecule has 2 aliphatic rings. The first-order valence-corrected chi connectivity index (χ1v) is 9.19. The van der Waals surface area contributed by atoms with Crippen LogP contribution in [0.3, 0.4) is 0 Å². The summed E-state index contributed by atoms with van der Waals surface area (Å²) in [6, 6.07) is 5.58. The molecule has 2 saturated heterocycles. The van der Waals surface area contributed by atoms with Gasteiger partial charge in [0.25, 0.3) is 5.91 Å². The molecule has 0 saturated carbocycles. The van der Waals surface area contributed by atoms with Gasteiger partial charge in [-0.05, 0) is 24.6 Å². The van der Waals surface area contributed by atoms with Crippen LogP contribution in [0.5, 0.6) is 0 Å². The Balaban J connectivity index is 1.51. The Morgan fingerprint density at radius 3 is 2.78 bits per heavy atom. The van der Waals surface area contributed by atoms with Crippen molar-refractivity contribution in [2.75, 3.05) is 26.2 Å². The predicted molar refractivity (Wildman–Crippen MR) is 96.9 cm³/mol. The lowest BCUT2D eigenvalue weighted by Crippen LogP contribution is -2.42. The Kier molecular flexibility index (Phi) is 4.43. The molecule has 142 valence electrons. The van der Waals surface area contributed by atoms with E-state index in [2.05, 4.69) is 15.0 Å². The molecule has 0 spiro atoms. The van der Waals surface area contributed by atoms with E-state index in [1.54, 1.807) is 28.0 Å². The van der Waals surface area contributed by atoms with Gasteiger partial charge in [0.2, 0.25) is 0 Å². The molecule has 2 fully saturated rings. The number of hydrogen-bond donors (Lipinski definition) is 1. The molecule has 8 nitrogen and oxygen atoms in total. The van der Waals surface area contributed by atoms with E-state index >= 15 is 0 Å². The highest BCUT2D eigenvalue weighted by Crippen LogP contribution is 2.43. The van der Waals surface area contributed by atoms with E-state index < -0.39 is 11.4 Å². The van der Waals surface area contributed by atoms with Gasteiger partial charge in [0.15, 0.2) is 0 Å². The molecule has 2 aromatic rings. The summed E-state index contributed by atoms with van der Waals surface area (Å²) >= 11 is 0. The lowest BCUT2D eigenvalue weighted by Gasteiger charge is -2.25. The molecule has 2 atom stereocenters. The summed E-state index contributed by atoms with van der Waals surface area (Å²) in [6.07, 6.45) is 5.14. The van der Waals surface area contributed by atoms with Gasteiger partial charge in [-0.2, -0.15) is 5.10 Å². The predicted octanol–water partition coefficient (Wildman–Crippen LogP) is 0.957. The molecular weight excluding hydrogens is 346 g/mol. The zero-order chi connectivity index (χ0) is 19.0. The van der Waals surface area contributed by atoms with E-state index in [0.29, 0.717) is 38.4 Å². The maximum atomic E-state index is 12.9. The third-order valence-corrected chi connectivity index (χ3v) is 5.76. The van der Waals surface area contributed by atoms with E-state index in [9.17, 15) is 14.7 Å². The number of hydrogen-bond acceptors (Lipinski definition) is 5. The molecule has 0 aromatic carbocycles. The molecule has 4 rings (SSSR count). The number of amides is 1. The topological polar surface area (TPSA) is 91.6 Å². The van der Waals surface area contributed by atoms with Gasteiger partial charge in [-0.3, -0.25) is 24.2 Å². The normalized spacial score (nSPS) is 24.9. The van der Waals surface area contributed by atoms with Crippen LogP contribution in [0.25, 0.3) is 0 Å². The fourth-order valence-corrected chi connectivity index (χ4v) is 4.43. The number of carbonyl (C=O) groups is 2. The van der Waals surface area contributed by atoms with Gasteiger partial charge in [0, 0.05) is 63.8 Å². The molecule has 0 radical (unpaired) electrons. The monoisotopic (exact) mass is 369 g/mol. The maximum Gasteiger partial charge on any atom is 0.313 e. The summed E-state index contributed by atoms with van der Waals surface area (Å²) in [6.45, 7) is 5.02. The minimum absolute atomic E-state index is 0.0754. The summed E-state index contributed by atoms with van der Waals surface area (Å²) in [7, 11) is 0. The van der Waals surface area contributed by atoms with Crippen LogP contribution in [0, 0.1) is 11.3 Å². The highest BCUT2D eigenvalue weighted by Gasteiger charge is 2.58. The minimum Gasteiger partial charge on any atom is -0.481 e. The van der Waals surface area contributed by atoms with Crippen LogP contribution in [0.1, 0.15) is 23.0 Å². The van der Waals surface area contributed by atoms with E-state index in [0.717, 1.165) is 5.56 Å². The third kappa shape index (κ3) is 2.99. The number of carbonyl (C=O) groups excluding carboxylic acids is 1. The molecule has 4 heterocycles. The van der Waals surface area contributed by atoms with Crippen molar-refractivity contribution in [1.29, 1.82) is 0 Å². The highest BCUT2D eigenvalue weighted by molar-refractivity contribution is 5.93. The van der Waals surface area contributed by atoms with Gasteiger partial charge >= 0.3 is 5.97 Å². The zero-order valence-electron chi connectivity index (χ0n) is 15.3. The van der Waals surface area contributed by atoms with Crippen molar-refractivity contribution in [2.45, 2.75) is 20.0 Å². The summed E-state index contributed by atoms with van der Waals surface area (Å²) in [5, 5.41) is 14.1. The number of aromatic nitrogens is 3. The standard InChI is InChI=1S/C19H23N5O3/c1-2-24-16(5-7-21-24)17(25)23-11-15-10-22(9-14-4-3-6-20-8-14)12-19(15,13-23)18(26)27/h3-8,15H,2,9-13H2,1H3,(H,26,27)/t15-,19-/m0/s1. The molecule has 1 amide bonds. The number of pyridine rings is 1. The third-order valence-electron chi connectivity index (χ3n) is 5.76. The van der Waals surface area contributed by atoms with Crippen molar-refractivity contribution >= 4 is 11.9 Å². The first-order chi connectivity index (χ1) is 13.0. The number of rotatable bonds is 5. The lowest BCUT2D eigenvalue weighted by atomic mass is 9.81. The Hall–Kier alpha value is -2.74. The second kappa shape index (κ2) is 6.77. The lowest BCUT2D eigenvalue weighted by molar-refractivity contribution is -0.148. The number of aryl methyl sites for hydroxylation is 1. The van der Waals surface area contributed by atoms with E-state index in [4.69, 9.17) is 0 Å². The van der Waals surface area contributed by atoms with Crippen LogP contribution in [0.15, 0.2) is 36.8 Å². The smallest absolute Gasteiger partial charge is 0.313 e. The van der Waals surface area contributed by atoms with Crippen molar-refractivity contribution in [3.05, 3.63) is 48.0 Å². The number of carboxylic acid groups (broad SMARTS) is 1. The fourth-order valence-electron chi connectivity index (χ4n) is 4.43. The summed E-state index contributed by atoms with van der Waals surface area (Å²) in [4.78, 5) is 33.1. The van der Waals surface area contributed by atoms with Crippen molar-refractivity contribution in [3.63, 3.8) is 0 Å². The molecule has 27 heavy (non-hydrogen) atoms. The number of nitrogens with zero attached hydrogens (tertiary/aromatic N) is 5. The van der Waals surface area contributed by atoms with Crippen molar-refractivity contribution in [3.8, 4) is 0 Å². The van der Waals surface area contributed by atoms with Crippen LogP contribution in [0.2, 0.25) is 0 Å². The Morgan fingerprint density at radius 2 is 2.11 bits per heavy atom. The molecule has 8 heteroatoms. The second-order valence-corrected chi connectivity index (χ2v) is 7.41. The van der Waals surface area contributed by atoms with Crippen LogP contribution >= 0.6 is 0 Å². The van der Waals surface area contributed by atoms with Crippen molar-refractivity contribution in [1.82, 2.24) is 24.6 Å². The number of likely N-dealkylation sites (tertiary alicyclic amines) is 2. The zero-order valence-corrected chi connectivity index (χ0v) is 15.3. The molecule has 0 aliphatic carbocycles. The van der Waals surface area contributed by atoms with Gasteiger partial charge in [0.1, 0.15) is 11.1 Å². The maximum absolute atomic E-state index is 12.9. The van der Waals surface area contributed by atoms with Crippen molar-refractivity contribution < 1.29 is 14.7 Å². The summed E-state index contributed by atoms with van der Waals surface area (Å²) in [5.74, 6) is -1.03. The van der Waals surface area contributed by atoms with Crippen LogP contribution in [-0.4, -0.2) is 67.7 Å². The number of fused-ring (bicyclic) bond motifs is 1. The highest BCUT2D eigenvalue weighted by atomic mass is 16.4. The quantitative estimate of drug-likeness (QED) is 0.844. The molecule has 2 aliphatic heterocycles. The van der Waals surface area contributed by atoms with Gasteiger partial charge in [-0.15, -0.1) is 0 Å². The first kappa shape index (κ1) is 17.7. The Labute approximate surface area is 157 Å². The second-order valence-electron chi connectivity index (χ2n) is 7.41. The minimum atomic E-state index is -0.908. The van der Waals surface area contributed by atoms with Crippen molar-refractivity contribution in [2.24, 2.45) is 11.3 Å². The number of carboxylic acids is 1. The van der Waals surface area contributed by atoms with Gasteiger partial charge in [-0.1, -0.05) is 6.07 Å². The average molecular weight is 369 g/mol. The Bertz CT molecular complexity index is 852. The molecular formula is C19H23N5O3. The molecule has 2 aromatic heterocycles. The number of aliphatic carboxylic acids is 1. The average Bonchev–Trinajstić information content (AvgIpc) is 3.34. The van der Waals surface area contributed by atoms with Gasteiger partial charge in [0.05, 0.1) is 0 Å². The Morgan fingerprint density at radius 1 is 1.26 bits per heavy atom. The van der Waals surface area contributed by atoms with E-state index in [-0.39, 0.29) is 18.4 Å². The van der Waals surface area contributed by atoms with Crippen LogP contribution in [0.4, 0.5) is 0 Å². The fraction of sp³-hybridized carbons (Fsp3) is 0.474. The van der Waals surface area contributed by atoms with E-state index in [1.165, 1.54) is 0 Å². The largest absolute Gasteiger partial charge is 0.481 e. The first-order valence-electron chi connectivity index (χ1n) is 9.19. The van der Waals surface area contributed by atoms with Crippen LogP contribution in [-0.2, 0) is 17.9 Å². The van der Waals surface area contributed by atoms with Gasteiger partial charge in [-0.25, -0.2) is 0 Å². The molecule has 0 bridgehead atoms. The summed E-state index contributed by atoms with van der Waals surface area (Å²) in [5.41, 5.74) is 0.678. The molecule has 1 N–H and O–H groups in total. The van der Waals surface area contributed by atoms with E-state index in [1.807, 2.05) is 25.3 Å². The SMILES string of the molecule is CCn1nccc1C(=O)N1C[C@@H]2CN(Cc3cccnc3)C[C@]2(C(=O)O)C1.